The summed E-state index contributed by atoms with van der Waals surface area (Å²) in [5, 5.41) is 20.9. The Bertz CT molecular complexity index is 1990. The van der Waals surface area contributed by atoms with E-state index in [-0.39, 0.29) is 0 Å². The molecule has 6 rings (SSSR count). The van der Waals surface area contributed by atoms with Crippen molar-refractivity contribution in [1.82, 2.24) is 29.1 Å². The zero-order valence-electron chi connectivity index (χ0n) is 20.4. The number of pyridine rings is 3. The van der Waals surface area contributed by atoms with Gasteiger partial charge in [-0.1, -0.05) is 6.07 Å². The summed E-state index contributed by atoms with van der Waals surface area (Å²) >= 11 is 0. The van der Waals surface area contributed by atoms with E-state index in [4.69, 9.17) is 0 Å². The molecular formula is C28H21N9. The molecule has 0 atom stereocenters. The number of aromatic nitrogens is 6. The molecule has 6 aromatic rings. The zero-order chi connectivity index (χ0) is 25.7. The van der Waals surface area contributed by atoms with Gasteiger partial charge in [-0.3, -0.25) is 14.5 Å². The van der Waals surface area contributed by atoms with Gasteiger partial charge in [-0.2, -0.15) is 10.5 Å². The minimum Gasteiger partial charge on any atom is -0.346 e. The Kier molecular flexibility index (Phi) is 4.89. The van der Waals surface area contributed by atoms with Gasteiger partial charge in [-0.05, 0) is 55.8 Å². The van der Waals surface area contributed by atoms with E-state index in [1.54, 1.807) is 12.4 Å². The summed E-state index contributed by atoms with van der Waals surface area (Å²) in [6, 6.07) is 16.2. The summed E-state index contributed by atoms with van der Waals surface area (Å²) in [4.78, 5) is 21.1. The van der Waals surface area contributed by atoms with Crippen LogP contribution in [0, 0.1) is 22.8 Å². The molecule has 0 aliphatic carbocycles. The molecule has 1 N–H and O–H groups in total. The number of H-pyrrole nitrogens is 1. The molecule has 9 nitrogen and oxygen atoms in total. The number of benzene rings is 1. The lowest BCUT2D eigenvalue weighted by Gasteiger charge is -2.15. The van der Waals surface area contributed by atoms with E-state index >= 15 is 0 Å². The van der Waals surface area contributed by atoms with Gasteiger partial charge in [-0.15, -0.1) is 4.99 Å². The number of imidazole rings is 1. The van der Waals surface area contributed by atoms with Crippen LogP contribution in [0.15, 0.2) is 72.2 Å². The third kappa shape index (κ3) is 3.45. The summed E-state index contributed by atoms with van der Waals surface area (Å²) in [5.41, 5.74) is 6.43. The number of aromatic amines is 1. The summed E-state index contributed by atoms with van der Waals surface area (Å²) in [6.07, 6.45) is 9.16. The highest BCUT2D eigenvalue weighted by Crippen LogP contribution is 2.31. The molecule has 1 aromatic carbocycles. The molecular weight excluding hydrogens is 462 g/mol. The van der Waals surface area contributed by atoms with Gasteiger partial charge in [0.25, 0.3) is 0 Å². The molecule has 178 valence electrons. The van der Waals surface area contributed by atoms with Crippen molar-refractivity contribution in [2.75, 3.05) is 0 Å². The molecule has 0 bridgehead atoms. The van der Waals surface area contributed by atoms with Crippen molar-refractivity contribution in [2.24, 2.45) is 12.0 Å². The van der Waals surface area contributed by atoms with Crippen LogP contribution in [-0.4, -0.2) is 29.1 Å². The zero-order valence-corrected chi connectivity index (χ0v) is 20.4. The first-order chi connectivity index (χ1) is 17.9. The number of hydrogen-bond acceptors (Lipinski definition) is 6. The van der Waals surface area contributed by atoms with E-state index in [0.29, 0.717) is 11.3 Å². The van der Waals surface area contributed by atoms with Gasteiger partial charge in [0.2, 0.25) is 11.8 Å². The number of fused-ring (bicyclic) bond motifs is 4. The number of rotatable bonds is 3. The van der Waals surface area contributed by atoms with E-state index in [0.717, 1.165) is 49.8 Å². The summed E-state index contributed by atoms with van der Waals surface area (Å²) < 4.78 is 3.76. The summed E-state index contributed by atoms with van der Waals surface area (Å²) in [5.74, 6) is 0. The summed E-state index contributed by atoms with van der Waals surface area (Å²) in [6.45, 7) is 3.66. The largest absolute Gasteiger partial charge is 0.346 e. The molecule has 0 amide bonds. The molecule has 0 unspecified atom stereocenters. The second-order valence-electron chi connectivity index (χ2n) is 9.41. The fraction of sp³-hybridized carbons (Fsp3) is 0.143. The normalized spacial score (nSPS) is 12.3. The Morgan fingerprint density at radius 2 is 1.81 bits per heavy atom. The Morgan fingerprint density at radius 1 is 0.946 bits per heavy atom. The lowest BCUT2D eigenvalue weighted by atomic mass is 9.91. The smallest absolute Gasteiger partial charge is 0.226 e. The number of nitrogens with one attached hydrogen (secondary N) is 1. The van der Waals surface area contributed by atoms with Gasteiger partial charge in [0.15, 0.2) is 0 Å². The van der Waals surface area contributed by atoms with Gasteiger partial charge in [0.05, 0.1) is 51.8 Å². The van der Waals surface area contributed by atoms with Gasteiger partial charge in [0.1, 0.15) is 5.65 Å². The average Bonchev–Trinajstić information content (AvgIpc) is 3.51. The van der Waals surface area contributed by atoms with Crippen LogP contribution in [0.1, 0.15) is 19.5 Å². The molecule has 0 spiro atoms. The van der Waals surface area contributed by atoms with E-state index in [9.17, 15) is 10.5 Å². The van der Waals surface area contributed by atoms with Crippen molar-refractivity contribution in [3.8, 4) is 29.1 Å². The van der Waals surface area contributed by atoms with Crippen LogP contribution >= 0.6 is 0 Å². The maximum atomic E-state index is 9.51. The molecule has 9 heteroatoms. The lowest BCUT2D eigenvalue weighted by molar-refractivity contribution is 0.658. The van der Waals surface area contributed by atoms with Crippen LogP contribution in [-0.2, 0) is 12.5 Å². The second kappa shape index (κ2) is 8.14. The monoisotopic (exact) mass is 483 g/mol. The first kappa shape index (κ1) is 22.2. The number of aryl methyl sites for hydroxylation is 1. The van der Waals surface area contributed by atoms with E-state index in [2.05, 4.69) is 43.1 Å². The number of nitrogens with zero attached hydrogens (tertiary/aromatic N) is 8. The van der Waals surface area contributed by atoms with Crippen LogP contribution in [0.25, 0.3) is 49.8 Å². The molecule has 5 aromatic heterocycles. The number of hydrogen-bond donors (Lipinski definition) is 1. The highest BCUT2D eigenvalue weighted by molar-refractivity contribution is 6.04. The van der Waals surface area contributed by atoms with Crippen molar-refractivity contribution in [3.63, 3.8) is 0 Å². The first-order valence-corrected chi connectivity index (χ1v) is 11.7. The quantitative estimate of drug-likeness (QED) is 0.367. The van der Waals surface area contributed by atoms with E-state index < -0.39 is 5.41 Å². The highest BCUT2D eigenvalue weighted by Gasteiger charge is 2.22. The van der Waals surface area contributed by atoms with E-state index in [1.807, 2.05) is 78.9 Å². The number of nitriles is 2. The highest BCUT2D eigenvalue weighted by atomic mass is 15.2. The minimum atomic E-state index is -0.720. The Labute approximate surface area is 211 Å². The first-order valence-electron chi connectivity index (χ1n) is 11.7. The Hall–Kier alpha value is -5.28. The minimum absolute atomic E-state index is 0.446. The summed E-state index contributed by atoms with van der Waals surface area (Å²) in [7, 11) is 1.86. The fourth-order valence-corrected chi connectivity index (χ4v) is 4.64. The van der Waals surface area contributed by atoms with Crippen molar-refractivity contribution in [3.05, 3.63) is 78.6 Å². The topological polar surface area (TPSA) is 124 Å². The molecule has 0 saturated heterocycles. The van der Waals surface area contributed by atoms with Crippen LogP contribution < -0.4 is 5.62 Å². The maximum Gasteiger partial charge on any atom is 0.226 e. The van der Waals surface area contributed by atoms with Crippen molar-refractivity contribution in [2.45, 2.75) is 19.3 Å². The molecule has 37 heavy (non-hydrogen) atoms. The molecule has 0 fully saturated rings. The standard InChI is InChI=1S/C28H21N9/c1-28(2,15-29)24-7-5-20(13-33-24)37-25-21-11-17(19-10-18-8-9-31-26(18)34-12-19)4-6-22(21)32-14-23(25)36(3)27(37)35-16-30/h4-14H,1-3H3,(H,31,34). The third-order valence-corrected chi connectivity index (χ3v) is 6.71. The Morgan fingerprint density at radius 3 is 2.57 bits per heavy atom. The predicted octanol–water partition coefficient (Wildman–Crippen LogP) is 4.64. The van der Waals surface area contributed by atoms with Crippen LogP contribution in [0.4, 0.5) is 0 Å². The third-order valence-electron chi connectivity index (χ3n) is 6.71. The van der Waals surface area contributed by atoms with Crippen molar-refractivity contribution >= 4 is 33.0 Å². The molecule has 0 aliphatic rings. The van der Waals surface area contributed by atoms with Gasteiger partial charge in [-0.25, -0.2) is 4.98 Å². The SMILES string of the molecule is Cn1c(=NC#N)n(-c2ccc(C(C)(C)C#N)nc2)c2c3cc(-c4cnc5[nH]ccc5c4)ccc3ncc21. The fourth-order valence-electron chi connectivity index (χ4n) is 4.64. The van der Waals surface area contributed by atoms with Crippen LogP contribution in [0.5, 0.6) is 0 Å². The van der Waals surface area contributed by atoms with Gasteiger partial charge in [0, 0.05) is 35.8 Å². The van der Waals surface area contributed by atoms with Crippen LogP contribution in [0.2, 0.25) is 0 Å². The molecule has 0 aliphatic heterocycles. The van der Waals surface area contributed by atoms with Gasteiger partial charge < -0.3 is 9.55 Å². The Balaban J connectivity index is 1.65. The second-order valence-corrected chi connectivity index (χ2v) is 9.41. The predicted molar refractivity (Wildman–Crippen MR) is 140 cm³/mol. The van der Waals surface area contributed by atoms with Crippen molar-refractivity contribution in [1.29, 1.82) is 10.5 Å². The molecule has 5 heterocycles. The van der Waals surface area contributed by atoms with Crippen LogP contribution in [0.3, 0.4) is 0 Å². The molecule has 0 saturated carbocycles. The lowest BCUT2D eigenvalue weighted by Crippen LogP contribution is -2.23. The average molecular weight is 484 g/mol. The van der Waals surface area contributed by atoms with Gasteiger partial charge >= 0.3 is 0 Å². The maximum absolute atomic E-state index is 9.51. The molecule has 0 radical (unpaired) electrons. The van der Waals surface area contributed by atoms with E-state index in [1.165, 1.54) is 0 Å². The van der Waals surface area contributed by atoms with Crippen molar-refractivity contribution < 1.29 is 0 Å².